The van der Waals surface area contributed by atoms with Crippen LogP contribution in [-0.2, 0) is 0 Å². The molecule has 0 saturated heterocycles. The number of ether oxygens (including phenoxy) is 2. The number of carbonyl (C=O) groups is 1. The maximum absolute atomic E-state index is 11.0. The van der Waals surface area contributed by atoms with E-state index in [9.17, 15) is 4.79 Å². The van der Waals surface area contributed by atoms with Gasteiger partial charge in [0.2, 0.25) is 0 Å². The van der Waals surface area contributed by atoms with Crippen molar-refractivity contribution in [3.8, 4) is 11.5 Å². The fourth-order valence-electron chi connectivity index (χ4n) is 8.90. The van der Waals surface area contributed by atoms with Crippen LogP contribution in [0.2, 0.25) is 0 Å². The van der Waals surface area contributed by atoms with Crippen LogP contribution in [0.4, 0.5) is 0 Å². The predicted octanol–water partition coefficient (Wildman–Crippen LogP) is 16.3. The molecule has 0 unspecified atom stereocenters. The summed E-state index contributed by atoms with van der Waals surface area (Å²) in [6.07, 6.45) is 19.9. The summed E-state index contributed by atoms with van der Waals surface area (Å²) < 4.78 is 16.7. The van der Waals surface area contributed by atoms with Crippen LogP contribution in [-0.4, -0.2) is 28.5 Å². The van der Waals surface area contributed by atoms with Crippen LogP contribution in [0.5, 0.6) is 11.5 Å². The molecule has 0 radical (unpaired) electrons. The summed E-state index contributed by atoms with van der Waals surface area (Å²) in [5.41, 5.74) is 12.3. The van der Waals surface area contributed by atoms with E-state index in [2.05, 4.69) is 121 Å². The van der Waals surface area contributed by atoms with Gasteiger partial charge in [0.1, 0.15) is 11.5 Å². The Hall–Kier alpha value is -4.70. The van der Waals surface area contributed by atoms with Crippen LogP contribution in [0.1, 0.15) is 163 Å². The fourth-order valence-corrected chi connectivity index (χ4v) is 11.6. The van der Waals surface area contributed by atoms with Gasteiger partial charge in [-0.15, -0.1) is 34.0 Å². The average Bonchev–Trinajstić information content (AvgIpc) is 4.13. The van der Waals surface area contributed by atoms with Gasteiger partial charge in [0.05, 0.1) is 53.9 Å². The third-order valence-electron chi connectivity index (χ3n) is 12.2. The van der Waals surface area contributed by atoms with Crippen LogP contribution >= 0.6 is 34.0 Å². The largest absolute Gasteiger partial charge is 0.490 e. The van der Waals surface area contributed by atoms with Gasteiger partial charge >= 0.3 is 0 Å². The minimum atomic E-state index is 0.290. The highest BCUT2D eigenvalue weighted by molar-refractivity contribution is 7.19. The molecule has 6 heterocycles. The molecule has 0 aliphatic carbocycles. The first-order valence-corrected chi connectivity index (χ1v) is 26.8. The number of nitrogens with one attached hydrogen (secondary N) is 2. The highest BCUT2D eigenvalue weighted by Crippen LogP contribution is 2.38. The topological polar surface area (TPSA) is 79.5 Å². The standard InChI is InChI=1S/C32H38N2OS2.C18H28O2.C7H7NS/c1-7-9-11-23(12-10-8-2)35-24-13-19(3)31(20(4)14-24)32(27-17-29-25(33-27)15-21(5)36-29)28-18-30-26(34-28)16-22(6)37-30;1-5-7-9-16(10-8-6-2)20-17-11-14(3)18(13-19)15(4)12-17;1-5-4-6-7(9-5)2-3-8-6/h13-18,23,33H,7-12H2,1-6H3;11-13,16H,5-10H2,1-4H3;2-4,8H,1H3/b32-28+;;. The van der Waals surface area contributed by atoms with Gasteiger partial charge in [-0.3, -0.25) is 4.79 Å². The Morgan fingerprint density at radius 3 is 1.61 bits per heavy atom. The van der Waals surface area contributed by atoms with Gasteiger partial charge in [0.15, 0.2) is 6.29 Å². The molecule has 1 aliphatic rings. The van der Waals surface area contributed by atoms with Crippen LogP contribution in [0.15, 0.2) is 71.5 Å². The highest BCUT2D eigenvalue weighted by Gasteiger charge is 2.22. The zero-order chi connectivity index (χ0) is 47.3. The monoisotopic (exact) mass is 943 g/mol. The number of aryl methyl sites for hydroxylation is 7. The van der Waals surface area contributed by atoms with Crippen molar-refractivity contribution in [2.45, 2.75) is 165 Å². The second kappa shape index (κ2) is 24.4. The number of rotatable bonds is 19. The Labute approximate surface area is 406 Å². The van der Waals surface area contributed by atoms with Crippen LogP contribution in [0.3, 0.4) is 0 Å². The van der Waals surface area contributed by atoms with Crippen molar-refractivity contribution < 1.29 is 14.3 Å². The number of aldehydes is 1. The van der Waals surface area contributed by atoms with E-state index < -0.39 is 0 Å². The van der Waals surface area contributed by atoms with Crippen LogP contribution in [0.25, 0.3) is 32.1 Å². The van der Waals surface area contributed by atoms with E-state index in [0.29, 0.717) is 12.2 Å². The molecule has 8 rings (SSSR count). The summed E-state index contributed by atoms with van der Waals surface area (Å²) in [5.74, 6) is 1.90. The Morgan fingerprint density at radius 1 is 0.621 bits per heavy atom. The summed E-state index contributed by atoms with van der Waals surface area (Å²) in [7, 11) is 0. The van der Waals surface area contributed by atoms with E-state index in [4.69, 9.17) is 14.5 Å². The van der Waals surface area contributed by atoms with Crippen molar-refractivity contribution >= 4 is 72.4 Å². The van der Waals surface area contributed by atoms with Crippen molar-refractivity contribution in [3.05, 3.63) is 130 Å². The number of allylic oxidation sites excluding steroid dienone is 1. The molecule has 7 aromatic rings. The molecular formula is C57H73N3O3S3. The summed E-state index contributed by atoms with van der Waals surface area (Å²) in [5, 5.41) is 1.09. The summed E-state index contributed by atoms with van der Waals surface area (Å²) in [4.78, 5) is 27.0. The Kier molecular flexibility index (Phi) is 18.7. The minimum Gasteiger partial charge on any atom is -0.490 e. The number of hydrogen-bond donors (Lipinski definition) is 2. The zero-order valence-electron chi connectivity index (χ0n) is 41.5. The lowest BCUT2D eigenvalue weighted by Gasteiger charge is -2.22. The van der Waals surface area contributed by atoms with E-state index in [-0.39, 0.29) is 0 Å². The van der Waals surface area contributed by atoms with Crippen LogP contribution < -0.4 is 19.4 Å². The third-order valence-corrected chi connectivity index (χ3v) is 15.2. The van der Waals surface area contributed by atoms with E-state index in [0.717, 1.165) is 76.9 Å². The molecule has 2 N–H and O–H groups in total. The first kappa shape index (κ1) is 50.7. The normalized spacial score (nSPS) is 12.7. The van der Waals surface area contributed by atoms with Gasteiger partial charge in [0, 0.05) is 32.0 Å². The van der Waals surface area contributed by atoms with Crippen LogP contribution in [0, 0.1) is 48.5 Å². The number of thiophene rings is 3. The molecule has 1 aliphatic heterocycles. The molecule has 6 nitrogen and oxygen atoms in total. The van der Waals surface area contributed by atoms with Gasteiger partial charge < -0.3 is 19.4 Å². The molecule has 0 bridgehead atoms. The number of H-pyrrole nitrogens is 2. The van der Waals surface area contributed by atoms with Gasteiger partial charge in [-0.05, 0) is 163 Å². The maximum Gasteiger partial charge on any atom is 0.150 e. The smallest absolute Gasteiger partial charge is 0.150 e. The van der Waals surface area contributed by atoms with Crippen molar-refractivity contribution in [2.75, 3.05) is 0 Å². The van der Waals surface area contributed by atoms with Gasteiger partial charge in [-0.1, -0.05) is 79.1 Å². The minimum absolute atomic E-state index is 0.290. The summed E-state index contributed by atoms with van der Waals surface area (Å²) >= 11 is 5.48. The lowest BCUT2D eigenvalue weighted by molar-refractivity contribution is 0.112. The first-order valence-electron chi connectivity index (χ1n) is 24.4. The molecule has 9 heteroatoms. The Morgan fingerprint density at radius 2 is 1.12 bits per heavy atom. The highest BCUT2D eigenvalue weighted by atomic mass is 32.1. The molecule has 0 saturated carbocycles. The molecule has 2 aromatic carbocycles. The number of nitrogens with zero attached hydrogens (tertiary/aromatic N) is 1. The molecule has 352 valence electrons. The Balaban J connectivity index is 0.000000205. The number of aromatic nitrogens is 2. The number of aromatic amines is 2. The average molecular weight is 944 g/mol. The molecule has 66 heavy (non-hydrogen) atoms. The Bertz CT molecular complexity index is 2690. The van der Waals surface area contributed by atoms with E-state index in [1.807, 2.05) is 66.2 Å². The number of carbonyl (C=O) groups excluding carboxylic acids is 1. The van der Waals surface area contributed by atoms with Gasteiger partial charge in [0.25, 0.3) is 0 Å². The second-order valence-corrected chi connectivity index (χ2v) is 22.0. The molecule has 5 aromatic heterocycles. The summed E-state index contributed by atoms with van der Waals surface area (Å²) in [6, 6.07) is 19.4. The molecular weight excluding hydrogens is 871 g/mol. The molecule has 0 fully saturated rings. The second-order valence-electron chi connectivity index (χ2n) is 18.1. The fraction of sp³-hybridized carbons (Fsp3) is 0.439. The molecule has 0 atom stereocenters. The predicted molar refractivity (Wildman–Crippen MR) is 286 cm³/mol. The van der Waals surface area contributed by atoms with E-state index in [1.54, 1.807) is 0 Å². The lowest BCUT2D eigenvalue weighted by atomic mass is 9.91. The quantitative estimate of drug-likeness (QED) is 0.0793. The van der Waals surface area contributed by atoms with E-state index in [1.165, 1.54) is 113 Å². The maximum atomic E-state index is 11.0. The van der Waals surface area contributed by atoms with Crippen molar-refractivity contribution in [1.29, 1.82) is 0 Å². The van der Waals surface area contributed by atoms with Crippen molar-refractivity contribution in [1.82, 2.24) is 9.97 Å². The number of unbranched alkanes of at least 4 members (excludes halogenated alkanes) is 4. The number of hydrogen-bond acceptors (Lipinski definition) is 7. The number of fused-ring (bicyclic) bond motifs is 3. The third kappa shape index (κ3) is 13.3. The SMILES string of the molecule is CCCCC(CCCC)Oc1cc(C)c(/C(=C2\C=c3sc(C)cc3=N2)c2cc3sc(C)cc3[nH]2)c(C)c1.CCCCC(CCCC)Oc1cc(C)c(C=O)c(C)c1.Cc1cc2[nH]ccc2s1. The van der Waals surface area contributed by atoms with Crippen molar-refractivity contribution in [2.24, 2.45) is 4.99 Å². The summed E-state index contributed by atoms with van der Waals surface area (Å²) in [6.45, 7) is 23.7. The number of benzene rings is 2. The van der Waals surface area contributed by atoms with Crippen molar-refractivity contribution in [3.63, 3.8) is 0 Å². The zero-order valence-corrected chi connectivity index (χ0v) is 43.9. The molecule has 0 spiro atoms. The van der Waals surface area contributed by atoms with E-state index >= 15 is 0 Å². The lowest BCUT2D eigenvalue weighted by Crippen LogP contribution is -2.17. The molecule has 0 amide bonds. The first-order chi connectivity index (χ1) is 31.8. The van der Waals surface area contributed by atoms with Gasteiger partial charge in [-0.2, -0.15) is 0 Å². The van der Waals surface area contributed by atoms with Gasteiger partial charge in [-0.25, -0.2) is 4.99 Å².